The molecule has 1 atom stereocenters. The predicted octanol–water partition coefficient (Wildman–Crippen LogP) is 4.50. The van der Waals surface area contributed by atoms with Crippen LogP contribution >= 0.6 is 0 Å². The molecule has 2 rings (SSSR count). The van der Waals surface area contributed by atoms with Crippen LogP contribution in [0.3, 0.4) is 0 Å². The molecule has 0 saturated heterocycles. The van der Waals surface area contributed by atoms with Crippen molar-refractivity contribution in [1.82, 2.24) is 5.32 Å². The molecule has 0 saturated carbocycles. The summed E-state index contributed by atoms with van der Waals surface area (Å²) in [5, 5.41) is 2.64. The number of rotatable bonds is 6. The van der Waals surface area contributed by atoms with Gasteiger partial charge in [-0.1, -0.05) is 75.4 Å². The summed E-state index contributed by atoms with van der Waals surface area (Å²) >= 11 is 0. The number of carbonyl (C=O) groups is 2. The van der Waals surface area contributed by atoms with Crippen molar-refractivity contribution in [2.45, 2.75) is 47.8 Å². The zero-order chi connectivity index (χ0) is 18.4. The van der Waals surface area contributed by atoms with Gasteiger partial charge in [0.25, 0.3) is 0 Å². The van der Waals surface area contributed by atoms with Crippen molar-refractivity contribution in [3.05, 3.63) is 59.7 Å². The molecular weight excluding hydrogens is 326 g/mol. The third-order valence-electron chi connectivity index (χ3n) is 3.96. The first-order chi connectivity index (χ1) is 11.9. The number of hydrogen-bond acceptors (Lipinski definition) is 3. The summed E-state index contributed by atoms with van der Waals surface area (Å²) in [6.45, 7) is 7.44. The number of hydrogen-bond donors (Lipinski definition) is 1. The molecule has 0 radical (unpaired) electrons. The van der Waals surface area contributed by atoms with Gasteiger partial charge in [-0.2, -0.15) is 0 Å². The molecule has 0 aliphatic heterocycles. The van der Waals surface area contributed by atoms with Crippen LogP contribution in [0, 0.1) is 12.8 Å². The molecule has 4 heteroatoms. The van der Waals surface area contributed by atoms with Gasteiger partial charge in [0.1, 0.15) is 12.6 Å². The molecule has 0 fully saturated rings. The lowest BCUT2D eigenvalue weighted by Crippen LogP contribution is -2.41. The van der Waals surface area contributed by atoms with Crippen molar-refractivity contribution < 1.29 is 14.3 Å². The Bertz CT molecular complexity index is 718. The van der Waals surface area contributed by atoms with Gasteiger partial charge in [-0.15, -0.1) is 0 Å². The lowest BCUT2D eigenvalue weighted by Gasteiger charge is -2.15. The van der Waals surface area contributed by atoms with Gasteiger partial charge in [0.05, 0.1) is 0 Å². The average Bonchev–Trinajstić information content (AvgIpc) is 2.60. The van der Waals surface area contributed by atoms with Crippen molar-refractivity contribution in [2.75, 3.05) is 0 Å². The van der Waals surface area contributed by atoms with Gasteiger partial charge in [-0.25, -0.2) is 4.79 Å². The lowest BCUT2D eigenvalue weighted by atomic mass is 10.0. The van der Waals surface area contributed by atoms with Crippen LogP contribution in [0.25, 0.3) is 11.1 Å². The number of esters is 1. The minimum absolute atomic E-state index is 0. The first-order valence-electron chi connectivity index (χ1n) is 8.50. The first-order valence-corrected chi connectivity index (χ1v) is 8.50. The normalized spacial score (nSPS) is 11.4. The van der Waals surface area contributed by atoms with Gasteiger partial charge in [-0.3, -0.25) is 4.79 Å². The second-order valence-corrected chi connectivity index (χ2v) is 6.56. The molecule has 1 amide bonds. The fourth-order valence-electron chi connectivity index (χ4n) is 2.26. The van der Waals surface area contributed by atoms with E-state index in [-0.39, 0.29) is 25.9 Å². The molecule has 1 unspecified atom stereocenters. The summed E-state index contributed by atoms with van der Waals surface area (Å²) in [7, 11) is 0. The second kappa shape index (κ2) is 9.76. The number of ether oxygens (including phenoxy) is 1. The third-order valence-corrected chi connectivity index (χ3v) is 3.96. The minimum atomic E-state index is -0.651. The summed E-state index contributed by atoms with van der Waals surface area (Å²) in [6, 6.07) is 15.6. The number of carbonyl (C=O) groups excluding carboxylic acids is 2. The van der Waals surface area contributed by atoms with E-state index in [1.54, 1.807) is 20.8 Å². The highest BCUT2D eigenvalue weighted by molar-refractivity contribution is 5.85. The van der Waals surface area contributed by atoms with E-state index >= 15 is 0 Å². The summed E-state index contributed by atoms with van der Waals surface area (Å²) < 4.78 is 5.28. The maximum absolute atomic E-state index is 12.0. The van der Waals surface area contributed by atoms with E-state index in [1.165, 1.54) is 5.56 Å². The van der Waals surface area contributed by atoms with Gasteiger partial charge in [0, 0.05) is 5.92 Å². The molecule has 0 aliphatic rings. The van der Waals surface area contributed by atoms with Gasteiger partial charge >= 0.3 is 5.97 Å². The average molecular weight is 355 g/mol. The molecule has 2 aromatic rings. The quantitative estimate of drug-likeness (QED) is 0.776. The molecule has 4 nitrogen and oxygen atoms in total. The van der Waals surface area contributed by atoms with Crippen LogP contribution in [-0.2, 0) is 20.9 Å². The maximum atomic E-state index is 12.0. The molecule has 0 spiro atoms. The zero-order valence-corrected chi connectivity index (χ0v) is 15.2. The molecule has 0 aliphatic carbocycles. The third kappa shape index (κ3) is 6.03. The van der Waals surface area contributed by atoms with E-state index in [0.29, 0.717) is 0 Å². The topological polar surface area (TPSA) is 55.4 Å². The van der Waals surface area contributed by atoms with Crippen molar-refractivity contribution in [1.29, 1.82) is 0 Å². The lowest BCUT2D eigenvalue weighted by molar-refractivity contribution is -0.148. The van der Waals surface area contributed by atoms with E-state index < -0.39 is 12.0 Å². The van der Waals surface area contributed by atoms with Crippen LogP contribution in [0.4, 0.5) is 0 Å². The molecule has 2 aromatic carbocycles. The van der Waals surface area contributed by atoms with Crippen LogP contribution in [0.15, 0.2) is 48.5 Å². The van der Waals surface area contributed by atoms with Crippen molar-refractivity contribution in [3.63, 3.8) is 0 Å². The highest BCUT2D eigenvalue weighted by Gasteiger charge is 2.18. The summed E-state index contributed by atoms with van der Waals surface area (Å²) in [6.07, 6.45) is 0. The molecule has 0 aromatic heterocycles. The van der Waals surface area contributed by atoms with E-state index in [9.17, 15) is 9.59 Å². The Labute approximate surface area is 156 Å². The van der Waals surface area contributed by atoms with Crippen molar-refractivity contribution in [3.8, 4) is 11.1 Å². The SMILES string of the molecule is C.Cc1ccc(-c2ccc(COC(=O)C(C)NC(=O)C(C)C)cc2)cc1. The summed E-state index contributed by atoms with van der Waals surface area (Å²) in [5.74, 6) is -0.756. The Hall–Kier alpha value is -2.62. The number of nitrogens with one attached hydrogen (secondary N) is 1. The van der Waals surface area contributed by atoms with Crippen molar-refractivity contribution >= 4 is 11.9 Å². The Morgan fingerprint density at radius 3 is 1.92 bits per heavy atom. The Balaban J connectivity index is 0.00000338. The minimum Gasteiger partial charge on any atom is -0.459 e. The van der Waals surface area contributed by atoms with E-state index in [1.807, 2.05) is 24.3 Å². The number of aryl methyl sites for hydroxylation is 1. The van der Waals surface area contributed by atoms with E-state index in [0.717, 1.165) is 16.7 Å². The Kier molecular flexibility index (Phi) is 8.04. The highest BCUT2D eigenvalue weighted by Crippen LogP contribution is 2.20. The molecule has 1 N–H and O–H groups in total. The molecule has 0 bridgehead atoms. The molecule has 140 valence electrons. The monoisotopic (exact) mass is 355 g/mol. The van der Waals surface area contributed by atoms with Crippen LogP contribution in [0.2, 0.25) is 0 Å². The molecular formula is C22H29NO3. The fourth-order valence-corrected chi connectivity index (χ4v) is 2.26. The molecule has 0 heterocycles. The van der Waals surface area contributed by atoms with E-state index in [2.05, 4.69) is 36.5 Å². The maximum Gasteiger partial charge on any atom is 0.328 e. The second-order valence-electron chi connectivity index (χ2n) is 6.56. The Morgan fingerprint density at radius 1 is 0.923 bits per heavy atom. The summed E-state index contributed by atoms with van der Waals surface area (Å²) in [5.41, 5.74) is 4.41. The van der Waals surface area contributed by atoms with Crippen molar-refractivity contribution in [2.24, 2.45) is 5.92 Å². The van der Waals surface area contributed by atoms with Crippen LogP contribution in [-0.4, -0.2) is 17.9 Å². The largest absolute Gasteiger partial charge is 0.459 e. The smallest absolute Gasteiger partial charge is 0.328 e. The van der Waals surface area contributed by atoms with E-state index in [4.69, 9.17) is 4.74 Å². The zero-order valence-electron chi connectivity index (χ0n) is 15.2. The highest BCUT2D eigenvalue weighted by atomic mass is 16.5. The van der Waals surface area contributed by atoms with Crippen LogP contribution in [0.1, 0.15) is 39.3 Å². The van der Waals surface area contributed by atoms with Gasteiger partial charge in [-0.05, 0) is 30.5 Å². The fraction of sp³-hybridized carbons (Fsp3) is 0.364. The molecule has 26 heavy (non-hydrogen) atoms. The predicted molar refractivity (Wildman–Crippen MR) is 106 cm³/mol. The summed E-state index contributed by atoms with van der Waals surface area (Å²) in [4.78, 5) is 23.6. The van der Waals surface area contributed by atoms with Gasteiger partial charge < -0.3 is 10.1 Å². The number of benzene rings is 2. The van der Waals surface area contributed by atoms with Gasteiger partial charge in [0.15, 0.2) is 0 Å². The Morgan fingerprint density at radius 2 is 1.42 bits per heavy atom. The van der Waals surface area contributed by atoms with Gasteiger partial charge in [0.2, 0.25) is 5.91 Å². The van der Waals surface area contributed by atoms with Crippen LogP contribution in [0.5, 0.6) is 0 Å². The first kappa shape index (κ1) is 21.4. The number of amides is 1. The standard InChI is InChI=1S/C21H25NO3.CH4/c1-14(2)20(23)22-16(4)21(24)25-13-17-7-11-19(12-8-17)18-9-5-15(3)6-10-18;/h5-12,14,16H,13H2,1-4H3,(H,22,23);1H4. The van der Waals surface area contributed by atoms with Crippen LogP contribution < -0.4 is 5.32 Å².